The lowest BCUT2D eigenvalue weighted by Crippen LogP contribution is -2.78. The van der Waals surface area contributed by atoms with Crippen LogP contribution in [0.15, 0.2) is 0 Å². The predicted octanol–water partition coefficient (Wildman–Crippen LogP) is 6.01. The van der Waals surface area contributed by atoms with Crippen LogP contribution in [0.4, 0.5) is 110 Å². The molecule has 45 heavy (non-hydrogen) atoms. The van der Waals surface area contributed by atoms with Crippen molar-refractivity contribution in [1.29, 1.82) is 0 Å². The zero-order valence-corrected chi connectivity index (χ0v) is 19.7. The molecule has 0 heterocycles. The number of carbonyl (C=O) groups is 1. The molecule has 0 aliphatic heterocycles. The van der Waals surface area contributed by atoms with Crippen molar-refractivity contribution in [2.24, 2.45) is 0 Å². The van der Waals surface area contributed by atoms with E-state index in [1.807, 2.05) is 0 Å². The maximum Gasteiger partial charge on any atom is 0.460 e. The van der Waals surface area contributed by atoms with Gasteiger partial charge in [-0.1, -0.05) is 0 Å². The molecule has 0 radical (unpaired) electrons. The Hall–Kier alpha value is -2.36. The average molecular weight is 737 g/mol. The summed E-state index contributed by atoms with van der Waals surface area (Å²) in [6, 6.07) is 0. The maximum atomic E-state index is 13.7. The molecule has 0 spiro atoms. The highest BCUT2D eigenvalue weighted by Crippen LogP contribution is 2.67. The average Bonchev–Trinajstić information content (AvgIpc) is 2.84. The van der Waals surface area contributed by atoms with E-state index in [2.05, 4.69) is 0 Å². The van der Waals surface area contributed by atoms with Gasteiger partial charge in [0.2, 0.25) is 0 Å². The molecule has 0 aromatic heterocycles. The van der Waals surface area contributed by atoms with E-state index in [1.165, 1.54) is 0 Å². The molecule has 0 aromatic carbocycles. The molecule has 0 aromatic rings. The van der Waals surface area contributed by atoms with Gasteiger partial charge in [-0.3, -0.25) is 4.79 Å². The first kappa shape index (κ1) is 42.6. The van der Waals surface area contributed by atoms with Crippen molar-refractivity contribution in [1.82, 2.24) is 5.32 Å². The Morgan fingerprint density at radius 2 is 0.667 bits per heavy atom. The lowest BCUT2D eigenvalue weighted by atomic mass is 9.84. The van der Waals surface area contributed by atoms with E-state index < -0.39 is 96.5 Å². The van der Waals surface area contributed by atoms with Gasteiger partial charge in [0, 0.05) is 6.54 Å². The first-order valence-electron chi connectivity index (χ1n) is 9.92. The number of aliphatic hydroxyl groups is 2. The van der Waals surface area contributed by atoms with Crippen LogP contribution in [-0.4, -0.2) is 107 Å². The zero-order valence-electron chi connectivity index (χ0n) is 19.7. The standard InChI is InChI=1S/C16H8F25NO3/c17-5(18,4(45)42-1-3(44)2-43)6(19,20)7(21,22)8(23,24)9(25,26)10(27,28)11(29,30)12(31,32)13(33,34)14(35,36)15(37,38)16(39,40)41/h3,43-44H,1-2H2,(H,42,45). The normalized spacial score (nSPS) is 17.0. The Labute approximate surface area is 228 Å². The van der Waals surface area contributed by atoms with Crippen LogP contribution in [-0.2, 0) is 4.79 Å². The molecule has 0 aliphatic carbocycles. The van der Waals surface area contributed by atoms with Crippen molar-refractivity contribution in [3.8, 4) is 0 Å². The molecule has 0 rings (SSSR count). The summed E-state index contributed by atoms with van der Waals surface area (Å²) in [5.41, 5.74) is 0. The van der Waals surface area contributed by atoms with Crippen LogP contribution in [0, 0.1) is 0 Å². The van der Waals surface area contributed by atoms with Crippen LogP contribution in [0.3, 0.4) is 0 Å². The lowest BCUT2D eigenvalue weighted by Gasteiger charge is -2.45. The van der Waals surface area contributed by atoms with Crippen molar-refractivity contribution in [3.63, 3.8) is 0 Å². The number of carbonyl (C=O) groups excluding carboxylic acids is 1. The number of hydrogen-bond donors (Lipinski definition) is 3. The van der Waals surface area contributed by atoms with Gasteiger partial charge < -0.3 is 15.5 Å². The van der Waals surface area contributed by atoms with E-state index in [1.54, 1.807) is 0 Å². The molecule has 0 aliphatic rings. The highest BCUT2D eigenvalue weighted by molar-refractivity contribution is 5.84. The van der Waals surface area contributed by atoms with Crippen molar-refractivity contribution in [3.05, 3.63) is 0 Å². The summed E-state index contributed by atoms with van der Waals surface area (Å²) in [5.74, 6) is -105. The fourth-order valence-corrected chi connectivity index (χ4v) is 2.48. The second-order valence-electron chi connectivity index (χ2n) is 8.36. The number of hydrogen-bond acceptors (Lipinski definition) is 3. The van der Waals surface area contributed by atoms with Crippen molar-refractivity contribution < 1.29 is 125 Å². The first-order chi connectivity index (χ1) is 19.1. The summed E-state index contributed by atoms with van der Waals surface area (Å²) in [6.45, 7) is -3.50. The molecule has 0 bridgehead atoms. The van der Waals surface area contributed by atoms with Gasteiger partial charge in [-0.2, -0.15) is 110 Å². The third-order valence-corrected chi connectivity index (χ3v) is 5.29. The largest absolute Gasteiger partial charge is 0.460 e. The summed E-state index contributed by atoms with van der Waals surface area (Å²) in [5, 5.41) is 17.3. The fourth-order valence-electron chi connectivity index (χ4n) is 2.48. The number of halogens is 25. The highest BCUT2D eigenvalue weighted by atomic mass is 19.4. The third-order valence-electron chi connectivity index (χ3n) is 5.29. The Kier molecular flexibility index (Phi) is 10.5. The minimum Gasteiger partial charge on any atom is -0.394 e. The van der Waals surface area contributed by atoms with Gasteiger partial charge in [0.15, 0.2) is 0 Å². The molecule has 1 amide bonds. The number of alkyl halides is 25. The zero-order chi connectivity index (χ0) is 37.3. The quantitative estimate of drug-likeness (QED) is 0.192. The smallest absolute Gasteiger partial charge is 0.394 e. The lowest BCUT2D eigenvalue weighted by molar-refractivity contribution is -0.481. The minimum absolute atomic E-state index is 0.262. The Bertz CT molecular complexity index is 1080. The molecule has 29 heteroatoms. The summed E-state index contributed by atoms with van der Waals surface area (Å²) in [4.78, 5) is 11.0. The van der Waals surface area contributed by atoms with Gasteiger partial charge in [-0.15, -0.1) is 0 Å². The molecule has 4 nitrogen and oxygen atoms in total. The van der Waals surface area contributed by atoms with E-state index in [0.29, 0.717) is 0 Å². The Morgan fingerprint density at radius 1 is 0.444 bits per heavy atom. The number of rotatable bonds is 14. The molecular weight excluding hydrogens is 729 g/mol. The van der Waals surface area contributed by atoms with E-state index in [9.17, 15) is 115 Å². The van der Waals surface area contributed by atoms with Crippen molar-refractivity contribution in [2.75, 3.05) is 13.2 Å². The Morgan fingerprint density at radius 3 is 0.889 bits per heavy atom. The van der Waals surface area contributed by atoms with E-state index in [-0.39, 0.29) is 5.32 Å². The monoisotopic (exact) mass is 737 g/mol. The van der Waals surface area contributed by atoms with Crippen LogP contribution in [0.1, 0.15) is 0 Å². The van der Waals surface area contributed by atoms with Gasteiger partial charge >= 0.3 is 71.3 Å². The number of nitrogens with one attached hydrogen (secondary N) is 1. The first-order valence-corrected chi connectivity index (χ1v) is 9.92. The summed E-state index contributed by atoms with van der Waals surface area (Å²) in [7, 11) is 0. The molecule has 1 atom stereocenters. The topological polar surface area (TPSA) is 69.6 Å². The fraction of sp³-hybridized carbons (Fsp3) is 0.938. The van der Waals surface area contributed by atoms with Gasteiger partial charge in [-0.05, 0) is 0 Å². The van der Waals surface area contributed by atoms with Crippen LogP contribution in [0.2, 0.25) is 0 Å². The van der Waals surface area contributed by atoms with Gasteiger partial charge in [-0.25, -0.2) is 0 Å². The van der Waals surface area contributed by atoms with Gasteiger partial charge in [0.25, 0.3) is 5.91 Å². The molecule has 0 saturated heterocycles. The second-order valence-corrected chi connectivity index (χ2v) is 8.36. The molecule has 3 N–H and O–H groups in total. The van der Waals surface area contributed by atoms with Crippen LogP contribution < -0.4 is 5.32 Å². The van der Waals surface area contributed by atoms with Gasteiger partial charge in [0.1, 0.15) is 0 Å². The summed E-state index contributed by atoms with van der Waals surface area (Å²) < 4.78 is 333. The van der Waals surface area contributed by atoms with E-state index in [0.717, 1.165) is 0 Å². The molecule has 0 fully saturated rings. The summed E-state index contributed by atoms with van der Waals surface area (Å²) >= 11 is 0. The van der Waals surface area contributed by atoms with Crippen LogP contribution in [0.25, 0.3) is 0 Å². The SMILES string of the molecule is O=C(NCC(O)CO)C(F)(F)C(F)(F)C(F)(F)C(F)(F)C(F)(F)C(F)(F)C(F)(F)C(F)(F)C(F)(F)C(F)(F)C(F)(F)C(F)(F)F. The van der Waals surface area contributed by atoms with Crippen LogP contribution >= 0.6 is 0 Å². The Balaban J connectivity index is 7.24. The van der Waals surface area contributed by atoms with Crippen LogP contribution in [0.5, 0.6) is 0 Å². The van der Waals surface area contributed by atoms with E-state index >= 15 is 0 Å². The van der Waals surface area contributed by atoms with Gasteiger partial charge in [0.05, 0.1) is 12.7 Å². The number of amides is 1. The molecule has 270 valence electrons. The maximum absolute atomic E-state index is 13.7. The second kappa shape index (κ2) is 11.1. The van der Waals surface area contributed by atoms with E-state index in [4.69, 9.17) is 10.2 Å². The number of aliphatic hydroxyl groups excluding tert-OH is 2. The molecule has 1 unspecified atom stereocenters. The molecule has 0 saturated carbocycles. The van der Waals surface area contributed by atoms with Crippen molar-refractivity contribution >= 4 is 5.91 Å². The minimum atomic E-state index is -9.71. The van der Waals surface area contributed by atoms with Crippen molar-refractivity contribution in [2.45, 2.75) is 77.4 Å². The third kappa shape index (κ3) is 5.44. The highest BCUT2D eigenvalue weighted by Gasteiger charge is 2.99. The summed E-state index contributed by atoms with van der Waals surface area (Å²) in [6.07, 6.45) is -10.7. The predicted molar refractivity (Wildman–Crippen MR) is 86.6 cm³/mol. The molecular formula is C16H8F25NO3.